The Kier molecular flexibility index (Phi) is 4.90. The lowest BCUT2D eigenvalue weighted by molar-refractivity contribution is -0.121. The van der Waals surface area contributed by atoms with Gasteiger partial charge >= 0.3 is 0 Å². The second-order valence-corrected chi connectivity index (χ2v) is 5.08. The van der Waals surface area contributed by atoms with E-state index in [1.54, 1.807) is 19.2 Å². The van der Waals surface area contributed by atoms with Crippen molar-refractivity contribution in [3.05, 3.63) is 12.1 Å². The van der Waals surface area contributed by atoms with Gasteiger partial charge in [0.25, 0.3) is 0 Å². The van der Waals surface area contributed by atoms with Gasteiger partial charge < -0.3 is 24.8 Å². The van der Waals surface area contributed by atoms with Crippen LogP contribution in [0, 0.1) is 11.8 Å². The SMILES string of the molecule is COc1ccc(NC(=O)C(C)C2CNC2)c(OC)c1OC. The Balaban J connectivity index is 2.20. The monoisotopic (exact) mass is 294 g/mol. The van der Waals surface area contributed by atoms with E-state index in [2.05, 4.69) is 10.6 Å². The first-order chi connectivity index (χ1) is 10.1. The van der Waals surface area contributed by atoms with E-state index in [0.717, 1.165) is 13.1 Å². The van der Waals surface area contributed by atoms with Crippen LogP contribution >= 0.6 is 0 Å². The minimum absolute atomic E-state index is 0.0213. The van der Waals surface area contributed by atoms with Crippen molar-refractivity contribution in [2.75, 3.05) is 39.7 Å². The van der Waals surface area contributed by atoms with Gasteiger partial charge in [0.05, 0.1) is 27.0 Å². The summed E-state index contributed by atoms with van der Waals surface area (Å²) in [5.41, 5.74) is 0.583. The number of nitrogens with one attached hydrogen (secondary N) is 2. The lowest BCUT2D eigenvalue weighted by Crippen LogP contribution is -2.48. The van der Waals surface area contributed by atoms with Crippen molar-refractivity contribution in [1.82, 2.24) is 5.32 Å². The van der Waals surface area contributed by atoms with E-state index in [1.807, 2.05) is 6.92 Å². The van der Waals surface area contributed by atoms with E-state index in [-0.39, 0.29) is 11.8 Å². The number of carbonyl (C=O) groups excluding carboxylic acids is 1. The van der Waals surface area contributed by atoms with Crippen molar-refractivity contribution in [3.8, 4) is 17.2 Å². The quantitative estimate of drug-likeness (QED) is 0.832. The topological polar surface area (TPSA) is 68.8 Å². The predicted octanol–water partition coefficient (Wildman–Crippen LogP) is 1.51. The zero-order chi connectivity index (χ0) is 15.4. The Labute approximate surface area is 124 Å². The van der Waals surface area contributed by atoms with Crippen molar-refractivity contribution in [1.29, 1.82) is 0 Å². The summed E-state index contributed by atoms with van der Waals surface area (Å²) in [5, 5.41) is 6.08. The molecule has 0 bridgehead atoms. The van der Waals surface area contributed by atoms with Crippen LogP contribution in [0.1, 0.15) is 6.92 Å². The van der Waals surface area contributed by atoms with Crippen LogP contribution in [0.3, 0.4) is 0 Å². The smallest absolute Gasteiger partial charge is 0.227 e. The van der Waals surface area contributed by atoms with Gasteiger partial charge in [0.2, 0.25) is 11.7 Å². The highest BCUT2D eigenvalue weighted by Gasteiger charge is 2.29. The van der Waals surface area contributed by atoms with Crippen LogP contribution < -0.4 is 24.8 Å². The number of carbonyl (C=O) groups is 1. The molecule has 1 atom stereocenters. The van der Waals surface area contributed by atoms with Crippen LogP contribution in [0.15, 0.2) is 12.1 Å². The molecule has 1 aromatic rings. The van der Waals surface area contributed by atoms with Gasteiger partial charge in [-0.3, -0.25) is 4.79 Å². The minimum Gasteiger partial charge on any atom is -0.493 e. The van der Waals surface area contributed by atoms with Crippen molar-refractivity contribution in [2.24, 2.45) is 11.8 Å². The second-order valence-electron chi connectivity index (χ2n) is 5.08. The van der Waals surface area contributed by atoms with Gasteiger partial charge in [-0.2, -0.15) is 0 Å². The summed E-state index contributed by atoms with van der Waals surface area (Å²) in [6, 6.07) is 3.50. The molecule has 1 aliphatic heterocycles. The molecule has 1 unspecified atom stereocenters. The van der Waals surface area contributed by atoms with Crippen molar-refractivity contribution in [3.63, 3.8) is 0 Å². The average Bonchev–Trinajstić information content (AvgIpc) is 2.44. The molecule has 6 heteroatoms. The third-order valence-corrected chi connectivity index (χ3v) is 3.90. The predicted molar refractivity (Wildman–Crippen MR) is 80.3 cm³/mol. The highest BCUT2D eigenvalue weighted by molar-refractivity contribution is 5.95. The van der Waals surface area contributed by atoms with Crippen molar-refractivity contribution < 1.29 is 19.0 Å². The molecule has 21 heavy (non-hydrogen) atoms. The van der Waals surface area contributed by atoms with E-state index in [0.29, 0.717) is 28.9 Å². The van der Waals surface area contributed by atoms with E-state index < -0.39 is 0 Å². The fourth-order valence-corrected chi connectivity index (χ4v) is 2.32. The Bertz CT molecular complexity index is 515. The fraction of sp³-hybridized carbons (Fsp3) is 0.533. The molecule has 2 rings (SSSR count). The fourth-order valence-electron chi connectivity index (χ4n) is 2.32. The molecule has 6 nitrogen and oxygen atoms in total. The molecular formula is C15H22N2O4. The number of methoxy groups -OCH3 is 3. The largest absolute Gasteiger partial charge is 0.493 e. The minimum atomic E-state index is -0.0518. The maximum atomic E-state index is 12.3. The van der Waals surface area contributed by atoms with Crippen LogP contribution in [0.4, 0.5) is 5.69 Å². The third kappa shape index (κ3) is 3.05. The van der Waals surface area contributed by atoms with Crippen LogP contribution in [0.2, 0.25) is 0 Å². The molecule has 1 saturated heterocycles. The Hall–Kier alpha value is -1.95. The molecular weight excluding hydrogens is 272 g/mol. The molecule has 1 aliphatic rings. The van der Waals surface area contributed by atoms with E-state index in [1.165, 1.54) is 14.2 Å². The molecule has 0 spiro atoms. The Morgan fingerprint density at radius 3 is 2.33 bits per heavy atom. The first kappa shape index (κ1) is 15.4. The van der Waals surface area contributed by atoms with E-state index in [4.69, 9.17) is 14.2 Å². The molecule has 0 aromatic heterocycles. The molecule has 0 radical (unpaired) electrons. The number of ether oxygens (including phenoxy) is 3. The highest BCUT2D eigenvalue weighted by Crippen LogP contribution is 2.42. The maximum Gasteiger partial charge on any atom is 0.227 e. The number of hydrogen-bond donors (Lipinski definition) is 2. The summed E-state index contributed by atoms with van der Waals surface area (Å²) >= 11 is 0. The van der Waals surface area contributed by atoms with Crippen LogP contribution in [-0.4, -0.2) is 40.3 Å². The summed E-state index contributed by atoms with van der Waals surface area (Å²) in [6.07, 6.45) is 0. The summed E-state index contributed by atoms with van der Waals surface area (Å²) in [6.45, 7) is 3.71. The van der Waals surface area contributed by atoms with Crippen LogP contribution in [-0.2, 0) is 4.79 Å². The molecule has 1 amide bonds. The highest BCUT2D eigenvalue weighted by atomic mass is 16.5. The first-order valence-corrected chi connectivity index (χ1v) is 6.92. The lowest BCUT2D eigenvalue weighted by atomic mass is 9.88. The Morgan fingerprint density at radius 2 is 1.86 bits per heavy atom. The summed E-state index contributed by atoms with van der Waals surface area (Å²) < 4.78 is 15.9. The molecule has 116 valence electrons. The molecule has 1 aromatic carbocycles. The molecule has 1 heterocycles. The van der Waals surface area contributed by atoms with Gasteiger partial charge in [-0.05, 0) is 31.1 Å². The van der Waals surface area contributed by atoms with Gasteiger partial charge in [-0.15, -0.1) is 0 Å². The number of hydrogen-bond acceptors (Lipinski definition) is 5. The standard InChI is InChI=1S/C15H22N2O4/c1-9(10-7-16-8-10)15(18)17-11-5-6-12(19-2)14(21-4)13(11)20-3/h5-6,9-10,16H,7-8H2,1-4H3,(H,17,18). The molecule has 2 N–H and O–H groups in total. The first-order valence-electron chi connectivity index (χ1n) is 6.92. The van der Waals surface area contributed by atoms with Gasteiger partial charge in [-0.25, -0.2) is 0 Å². The van der Waals surface area contributed by atoms with Crippen molar-refractivity contribution in [2.45, 2.75) is 6.92 Å². The lowest BCUT2D eigenvalue weighted by Gasteiger charge is -2.31. The number of amides is 1. The van der Waals surface area contributed by atoms with Gasteiger partial charge in [-0.1, -0.05) is 6.92 Å². The van der Waals surface area contributed by atoms with E-state index in [9.17, 15) is 4.79 Å². The normalized spacial score (nSPS) is 15.8. The second kappa shape index (κ2) is 6.67. The third-order valence-electron chi connectivity index (χ3n) is 3.90. The van der Waals surface area contributed by atoms with Crippen LogP contribution in [0.5, 0.6) is 17.2 Å². The van der Waals surface area contributed by atoms with Crippen LogP contribution in [0.25, 0.3) is 0 Å². The molecule has 1 fully saturated rings. The van der Waals surface area contributed by atoms with E-state index >= 15 is 0 Å². The average molecular weight is 294 g/mol. The van der Waals surface area contributed by atoms with Crippen molar-refractivity contribution >= 4 is 11.6 Å². The molecule has 0 aliphatic carbocycles. The zero-order valence-corrected chi connectivity index (χ0v) is 12.9. The summed E-state index contributed by atoms with van der Waals surface area (Å²) in [5.74, 6) is 1.80. The zero-order valence-electron chi connectivity index (χ0n) is 12.9. The summed E-state index contributed by atoms with van der Waals surface area (Å²) in [4.78, 5) is 12.3. The number of benzene rings is 1. The van der Waals surface area contributed by atoms with Gasteiger partial charge in [0.1, 0.15) is 0 Å². The number of anilines is 1. The summed E-state index contributed by atoms with van der Waals surface area (Å²) in [7, 11) is 4.63. The molecule has 0 saturated carbocycles. The Morgan fingerprint density at radius 1 is 1.19 bits per heavy atom. The van der Waals surface area contributed by atoms with Gasteiger partial charge in [0, 0.05) is 5.92 Å². The maximum absolute atomic E-state index is 12.3. The number of rotatable bonds is 6. The van der Waals surface area contributed by atoms with Gasteiger partial charge in [0.15, 0.2) is 11.5 Å².